The fourth-order valence-corrected chi connectivity index (χ4v) is 14.4. The molecule has 0 saturated heterocycles. The van der Waals surface area contributed by atoms with Gasteiger partial charge in [0, 0.05) is 105 Å². The molecule has 0 unspecified atom stereocenters. The van der Waals surface area contributed by atoms with E-state index in [4.69, 9.17) is 18.9 Å². The summed E-state index contributed by atoms with van der Waals surface area (Å²) in [6.45, 7) is 38.0. The number of hydrogen-bond donors (Lipinski definition) is 2. The number of rotatable bonds is 32. The van der Waals surface area contributed by atoms with Gasteiger partial charge in [-0.3, -0.25) is 0 Å². The van der Waals surface area contributed by atoms with E-state index in [1.54, 1.807) is 0 Å². The van der Waals surface area contributed by atoms with Crippen LogP contribution in [0.1, 0.15) is 238 Å². The van der Waals surface area contributed by atoms with Crippen LogP contribution in [0, 0.1) is 25.5 Å². The van der Waals surface area contributed by atoms with Crippen LogP contribution in [0.15, 0.2) is 121 Å². The van der Waals surface area contributed by atoms with Crippen molar-refractivity contribution in [3.05, 3.63) is 177 Å². The van der Waals surface area contributed by atoms with E-state index in [1.807, 2.05) is 38.1 Å². The molecule has 0 fully saturated rings. The van der Waals surface area contributed by atoms with E-state index in [2.05, 4.69) is 179 Å². The van der Waals surface area contributed by atoms with Gasteiger partial charge in [-0.15, -0.1) is 0 Å². The van der Waals surface area contributed by atoms with Crippen LogP contribution in [0.4, 0.5) is 8.78 Å². The third-order valence-corrected chi connectivity index (χ3v) is 20.6. The largest absolute Gasteiger partial charge is 0.507 e. The Morgan fingerprint density at radius 2 is 0.627 bits per heavy atom. The maximum atomic E-state index is 15.9. The Kier molecular flexibility index (Phi) is 26.5. The number of ether oxygens (including phenoxy) is 4. The van der Waals surface area contributed by atoms with Crippen molar-refractivity contribution in [2.45, 2.75) is 255 Å². The molecule has 0 aliphatic rings. The summed E-state index contributed by atoms with van der Waals surface area (Å²) in [6, 6.07) is 40.9. The Morgan fingerprint density at radius 1 is 0.343 bits per heavy atom. The maximum Gasteiger partial charge on any atom is 0.130 e. The van der Waals surface area contributed by atoms with Crippen LogP contribution in [-0.4, -0.2) is 45.8 Å². The van der Waals surface area contributed by atoms with E-state index in [0.717, 1.165) is 67.0 Å². The number of aryl methyl sites for hydroxylation is 6. The van der Waals surface area contributed by atoms with E-state index >= 15 is 8.78 Å². The summed E-state index contributed by atoms with van der Waals surface area (Å²) in [7, 11) is 0. The molecule has 1 radical (unpaired) electrons. The minimum atomic E-state index is -0.424. The first-order valence-electron chi connectivity index (χ1n) is 38.0. The molecule has 0 aliphatic carbocycles. The van der Waals surface area contributed by atoms with Gasteiger partial charge in [0.2, 0.25) is 0 Å². The van der Waals surface area contributed by atoms with Gasteiger partial charge in [-0.2, -0.15) is 0 Å². The molecule has 10 aromatic rings. The standard InChI is InChI=1S/C91H116F2N2O6.Sc/c1-17-19-21-23-25-28-44-98-70-50-62(40-42-94-80-52-64(88(5,6)7)32-36-72(80)73-37-33-65(53-81(73)94)89(8,9)10)84(96)76(58-70)78-56-68(92)48-60(3)86(78)100-46-30-27-31-47-101-87-61(4)49-69(93)57-79(87)77-59-71(99-45-29-26-24-22-20-18-2)51-63(85(77)97)41-43-95-82-54-66(90(11,12)13)34-38-74(82)75-39-35-67(55-83(75)95)91(14,15)16;/h32-39,48-59,96-97H,17-31,40-47H2,1-16H3;. The maximum absolute atomic E-state index is 15.9. The normalized spacial score (nSPS) is 12.3. The Hall–Kier alpha value is -7.11. The molecular formula is C91H116F2N2O6Sc. The Morgan fingerprint density at radius 3 is 0.931 bits per heavy atom. The third kappa shape index (κ3) is 19.1. The molecule has 0 spiro atoms. The molecule has 0 amide bonds. The zero-order valence-electron chi connectivity index (χ0n) is 64.6. The van der Waals surface area contributed by atoms with Crippen molar-refractivity contribution >= 4 is 43.6 Å². The van der Waals surface area contributed by atoms with Crippen molar-refractivity contribution in [2.24, 2.45) is 0 Å². The number of halogens is 2. The van der Waals surface area contributed by atoms with Crippen molar-refractivity contribution in [2.75, 3.05) is 26.4 Å². The monoisotopic (exact) mass is 1420 g/mol. The number of hydrogen-bond acceptors (Lipinski definition) is 6. The van der Waals surface area contributed by atoms with Crippen LogP contribution in [0.3, 0.4) is 0 Å². The second-order valence-electron chi connectivity index (χ2n) is 32.9. The van der Waals surface area contributed by atoms with Crippen molar-refractivity contribution in [1.82, 2.24) is 9.13 Å². The van der Waals surface area contributed by atoms with E-state index in [9.17, 15) is 10.2 Å². The molecule has 0 bridgehead atoms. The summed E-state index contributed by atoms with van der Waals surface area (Å²) < 4.78 is 63.2. The fraction of sp³-hybridized carbons (Fsp3) is 0.473. The second-order valence-corrected chi connectivity index (χ2v) is 32.9. The third-order valence-electron chi connectivity index (χ3n) is 20.6. The Labute approximate surface area is 627 Å². The first kappa shape index (κ1) is 79.0. The van der Waals surface area contributed by atoms with Crippen molar-refractivity contribution in [3.8, 4) is 56.8 Å². The molecule has 2 heterocycles. The molecule has 2 N–H and O–H groups in total. The number of unbranched alkanes of at least 4 members (excludes halogenated alkanes) is 12. The van der Waals surface area contributed by atoms with Gasteiger partial charge in [0.05, 0.1) is 26.4 Å². The molecule has 10 rings (SSSR count). The number of aromatic hydroxyl groups is 2. The minimum absolute atomic E-state index is 0. The molecular weight excluding hydrogens is 1300 g/mol. The van der Waals surface area contributed by atoms with Crippen LogP contribution in [0.2, 0.25) is 0 Å². The van der Waals surface area contributed by atoms with E-state index < -0.39 is 11.6 Å². The summed E-state index contributed by atoms with van der Waals surface area (Å²) >= 11 is 0. The van der Waals surface area contributed by atoms with Crippen LogP contribution in [0.5, 0.6) is 34.5 Å². The first-order chi connectivity index (χ1) is 48.0. The summed E-state index contributed by atoms with van der Waals surface area (Å²) in [6.07, 6.45) is 16.5. The molecule has 0 aliphatic heterocycles. The van der Waals surface area contributed by atoms with Crippen molar-refractivity contribution < 1.29 is 63.8 Å². The van der Waals surface area contributed by atoms with Crippen LogP contribution < -0.4 is 18.9 Å². The Balaban J connectivity index is 0.0000121. The van der Waals surface area contributed by atoms with Crippen LogP contribution >= 0.6 is 0 Å². The second kappa shape index (κ2) is 34.2. The minimum Gasteiger partial charge on any atom is -0.507 e. The average Bonchev–Trinajstić information content (AvgIpc) is 1.58. The number of fused-ring (bicyclic) bond motifs is 6. The zero-order chi connectivity index (χ0) is 72.6. The smallest absolute Gasteiger partial charge is 0.130 e. The topological polar surface area (TPSA) is 87.2 Å². The summed E-state index contributed by atoms with van der Waals surface area (Å²) in [5.74, 6) is 1.57. The number of phenolic OH excluding ortho intramolecular Hbond substituents is 2. The van der Waals surface area contributed by atoms with Gasteiger partial charge in [-0.25, -0.2) is 8.78 Å². The quantitative estimate of drug-likeness (QED) is 0.0409. The first-order valence-corrected chi connectivity index (χ1v) is 38.0. The van der Waals surface area contributed by atoms with E-state index in [-0.39, 0.29) is 59.0 Å². The molecule has 543 valence electrons. The van der Waals surface area contributed by atoms with Gasteiger partial charge in [0.25, 0.3) is 0 Å². The SMILES string of the molecule is CCCCCCCCOc1cc(CCn2c3cc(C(C)(C)C)ccc3c3ccc(C(C)(C)C)cc32)c(O)c(-c2cc(F)cc(C)c2OCCCCCOc2c(C)cc(F)cc2-c2cc(OCCCCCCCC)cc(CCn3c4cc(C(C)(C)C)ccc4c4ccc(C(C)(C)C)cc43)c2O)c1.[Sc]. The molecule has 8 aromatic carbocycles. The molecule has 102 heavy (non-hydrogen) atoms. The Bertz CT molecular complexity index is 4080. The summed E-state index contributed by atoms with van der Waals surface area (Å²) in [4.78, 5) is 0. The van der Waals surface area contributed by atoms with Gasteiger partial charge >= 0.3 is 0 Å². The average molecular weight is 1420 g/mol. The number of phenols is 2. The summed E-state index contributed by atoms with van der Waals surface area (Å²) in [5.41, 5.74) is 13.9. The fourth-order valence-electron chi connectivity index (χ4n) is 14.4. The van der Waals surface area contributed by atoms with Crippen molar-refractivity contribution in [3.63, 3.8) is 0 Å². The predicted molar refractivity (Wildman–Crippen MR) is 420 cm³/mol. The van der Waals surface area contributed by atoms with Gasteiger partial charge < -0.3 is 38.3 Å². The van der Waals surface area contributed by atoms with Crippen LogP contribution in [-0.2, 0) is 73.4 Å². The summed E-state index contributed by atoms with van der Waals surface area (Å²) in [5, 5.41) is 30.0. The van der Waals surface area contributed by atoms with Gasteiger partial charge in [0.15, 0.2) is 0 Å². The van der Waals surface area contributed by atoms with Gasteiger partial charge in [-0.1, -0.05) is 210 Å². The van der Waals surface area contributed by atoms with Crippen molar-refractivity contribution in [1.29, 1.82) is 0 Å². The molecule has 11 heteroatoms. The van der Waals surface area contributed by atoms with Gasteiger partial charge in [-0.05, 0) is 198 Å². The molecule has 8 nitrogen and oxygen atoms in total. The van der Waals surface area contributed by atoms with Crippen LogP contribution in [0.25, 0.3) is 65.9 Å². The number of aromatic nitrogens is 2. The molecule has 0 saturated carbocycles. The number of benzene rings is 8. The number of nitrogens with zero attached hydrogens (tertiary/aromatic N) is 2. The molecule has 2 aromatic heterocycles. The van der Waals surface area contributed by atoms with E-state index in [1.165, 1.54) is 107 Å². The molecule has 0 atom stereocenters. The van der Waals surface area contributed by atoms with E-state index in [0.29, 0.717) is 133 Å². The zero-order valence-corrected chi connectivity index (χ0v) is 66.4. The predicted octanol–water partition coefficient (Wildman–Crippen LogP) is 25.3. The van der Waals surface area contributed by atoms with Gasteiger partial charge in [0.1, 0.15) is 46.1 Å².